The Kier molecular flexibility index (Phi) is 6.36. The van der Waals surface area contributed by atoms with Crippen LogP contribution >= 0.6 is 0 Å². The summed E-state index contributed by atoms with van der Waals surface area (Å²) in [4.78, 5) is 23.3. The number of nitro groups is 1. The molecule has 1 heterocycles. The van der Waals surface area contributed by atoms with Gasteiger partial charge in [-0.15, -0.1) is 0 Å². The van der Waals surface area contributed by atoms with Crippen LogP contribution < -0.4 is 14.9 Å². The minimum atomic E-state index is -0.425. The van der Waals surface area contributed by atoms with Crippen molar-refractivity contribution in [1.82, 2.24) is 10.4 Å². The highest BCUT2D eigenvalue weighted by Gasteiger charge is 2.33. The molecular formula is C23H27N3O5. The molecule has 1 unspecified atom stereocenters. The maximum atomic E-state index is 13.0. The lowest BCUT2D eigenvalue weighted by atomic mass is 9.97. The van der Waals surface area contributed by atoms with E-state index in [4.69, 9.17) is 9.47 Å². The quantitative estimate of drug-likeness (QED) is 0.508. The van der Waals surface area contributed by atoms with Crippen LogP contribution in [0.1, 0.15) is 49.1 Å². The third-order valence-electron chi connectivity index (χ3n) is 6.01. The number of hydrogen-bond donors (Lipinski definition) is 1. The molecule has 1 atom stereocenters. The Morgan fingerprint density at radius 1 is 1.10 bits per heavy atom. The summed E-state index contributed by atoms with van der Waals surface area (Å²) in [7, 11) is 1.63. The third-order valence-corrected chi connectivity index (χ3v) is 6.01. The number of ether oxygens (including phenoxy) is 2. The summed E-state index contributed by atoms with van der Waals surface area (Å²) >= 11 is 0. The van der Waals surface area contributed by atoms with Gasteiger partial charge in [0, 0.05) is 25.2 Å². The van der Waals surface area contributed by atoms with Crippen molar-refractivity contribution in [3.63, 3.8) is 0 Å². The highest BCUT2D eigenvalue weighted by Crippen LogP contribution is 2.37. The van der Waals surface area contributed by atoms with E-state index in [1.807, 2.05) is 18.2 Å². The summed E-state index contributed by atoms with van der Waals surface area (Å²) in [5.41, 5.74) is 5.00. The number of hydrogen-bond acceptors (Lipinski definition) is 6. The first-order valence-corrected chi connectivity index (χ1v) is 10.7. The van der Waals surface area contributed by atoms with E-state index in [9.17, 15) is 14.9 Å². The predicted octanol–water partition coefficient (Wildman–Crippen LogP) is 3.95. The van der Waals surface area contributed by atoms with Crippen LogP contribution in [-0.4, -0.2) is 35.6 Å². The summed E-state index contributed by atoms with van der Waals surface area (Å²) < 4.78 is 11.6. The van der Waals surface area contributed by atoms with Crippen molar-refractivity contribution >= 4 is 11.6 Å². The molecule has 2 fully saturated rings. The number of rotatable bonds is 8. The highest BCUT2D eigenvalue weighted by molar-refractivity contribution is 5.85. The van der Waals surface area contributed by atoms with Gasteiger partial charge in [0.05, 0.1) is 24.1 Å². The molecule has 0 aromatic heterocycles. The summed E-state index contributed by atoms with van der Waals surface area (Å²) in [5, 5.41) is 12.4. The molecule has 1 saturated carbocycles. The van der Waals surface area contributed by atoms with E-state index in [0.717, 1.165) is 24.0 Å². The lowest BCUT2D eigenvalue weighted by molar-refractivity contribution is -0.384. The van der Waals surface area contributed by atoms with Gasteiger partial charge in [0.1, 0.15) is 0 Å². The number of nitro benzene ring substituents is 1. The summed E-state index contributed by atoms with van der Waals surface area (Å²) in [6.07, 6.45) is 5.39. The molecule has 0 bridgehead atoms. The second kappa shape index (κ2) is 9.34. The smallest absolute Gasteiger partial charge is 0.269 e. The lowest BCUT2D eigenvalue weighted by Gasteiger charge is -2.20. The maximum absolute atomic E-state index is 13.0. The van der Waals surface area contributed by atoms with Gasteiger partial charge < -0.3 is 9.47 Å². The van der Waals surface area contributed by atoms with E-state index in [1.54, 1.807) is 24.3 Å². The number of carbonyl (C=O) groups is 1. The van der Waals surface area contributed by atoms with Crippen molar-refractivity contribution in [2.45, 2.75) is 50.7 Å². The van der Waals surface area contributed by atoms with Gasteiger partial charge in [0.2, 0.25) is 5.91 Å². The van der Waals surface area contributed by atoms with Crippen molar-refractivity contribution in [3.05, 3.63) is 63.7 Å². The molecule has 1 amide bonds. The average Bonchev–Trinajstić information content (AvgIpc) is 3.42. The van der Waals surface area contributed by atoms with Gasteiger partial charge in [0.25, 0.3) is 5.69 Å². The van der Waals surface area contributed by atoms with Gasteiger partial charge in [-0.2, -0.15) is 0 Å². The number of nitrogens with one attached hydrogen (secondary N) is 1. The number of carbonyl (C=O) groups excluding carboxylic acids is 1. The Hall–Kier alpha value is -3.13. The van der Waals surface area contributed by atoms with Crippen LogP contribution in [0.3, 0.4) is 0 Å². The molecule has 164 valence electrons. The standard InChI is InChI=1S/C23H27N3O5/c1-30-21-11-8-17(14-22(21)31-19-4-2-3-5-19)20-12-13-25(23(20)27)24-15-16-6-9-18(10-7-16)26(28)29/h6-11,14,19-20,24H,2-5,12-13,15H2,1H3. The van der Waals surface area contributed by atoms with Gasteiger partial charge in [-0.25, -0.2) is 5.43 Å². The molecule has 8 nitrogen and oxygen atoms in total. The summed E-state index contributed by atoms with van der Waals surface area (Å²) in [6.45, 7) is 1.02. The van der Waals surface area contributed by atoms with Crippen LogP contribution in [0.2, 0.25) is 0 Å². The molecule has 2 aromatic carbocycles. The van der Waals surface area contributed by atoms with E-state index in [-0.39, 0.29) is 23.6 Å². The van der Waals surface area contributed by atoms with Crippen LogP contribution in [0, 0.1) is 10.1 Å². The normalized spacial score (nSPS) is 19.1. The van der Waals surface area contributed by atoms with Gasteiger partial charge in [-0.05, 0) is 55.4 Å². The largest absolute Gasteiger partial charge is 0.493 e. The van der Waals surface area contributed by atoms with E-state index in [0.29, 0.717) is 31.0 Å². The molecule has 31 heavy (non-hydrogen) atoms. The molecule has 1 saturated heterocycles. The first-order chi connectivity index (χ1) is 15.0. The first-order valence-electron chi connectivity index (χ1n) is 10.7. The van der Waals surface area contributed by atoms with E-state index in [1.165, 1.54) is 25.0 Å². The maximum Gasteiger partial charge on any atom is 0.269 e. The average molecular weight is 425 g/mol. The number of benzene rings is 2. The molecule has 1 aliphatic carbocycles. The fourth-order valence-corrected chi connectivity index (χ4v) is 4.26. The Bertz CT molecular complexity index is 941. The van der Waals surface area contributed by atoms with Gasteiger partial charge in [-0.1, -0.05) is 18.2 Å². The zero-order valence-corrected chi connectivity index (χ0v) is 17.6. The first kappa shape index (κ1) is 21.1. The van der Waals surface area contributed by atoms with E-state index in [2.05, 4.69) is 5.43 Å². The van der Waals surface area contributed by atoms with Crippen molar-refractivity contribution in [1.29, 1.82) is 0 Å². The molecule has 0 spiro atoms. The molecular weight excluding hydrogens is 398 g/mol. The van der Waals surface area contributed by atoms with Gasteiger partial charge in [0.15, 0.2) is 11.5 Å². The van der Waals surface area contributed by atoms with Crippen molar-refractivity contribution < 1.29 is 19.2 Å². The number of nitrogens with zero attached hydrogens (tertiary/aromatic N) is 2. The zero-order chi connectivity index (χ0) is 21.8. The molecule has 8 heteroatoms. The molecule has 4 rings (SSSR count). The van der Waals surface area contributed by atoms with Crippen LogP contribution in [0.5, 0.6) is 11.5 Å². The van der Waals surface area contributed by atoms with Crippen LogP contribution in [0.15, 0.2) is 42.5 Å². The molecule has 1 N–H and O–H groups in total. The van der Waals surface area contributed by atoms with Gasteiger partial charge in [-0.3, -0.25) is 19.9 Å². The number of methoxy groups -OCH3 is 1. The fraction of sp³-hybridized carbons (Fsp3) is 0.435. The van der Waals surface area contributed by atoms with E-state index >= 15 is 0 Å². The Morgan fingerprint density at radius 3 is 2.52 bits per heavy atom. The SMILES string of the molecule is COc1ccc(C2CCN(NCc3ccc([N+](=O)[O-])cc3)C2=O)cc1OC1CCCC1. The fourth-order valence-electron chi connectivity index (χ4n) is 4.26. The molecule has 2 aromatic rings. The van der Waals surface area contributed by atoms with Crippen LogP contribution in [0.4, 0.5) is 5.69 Å². The molecule has 1 aliphatic heterocycles. The predicted molar refractivity (Wildman–Crippen MR) is 115 cm³/mol. The highest BCUT2D eigenvalue weighted by atomic mass is 16.6. The van der Waals surface area contributed by atoms with Crippen molar-refractivity contribution in [2.24, 2.45) is 0 Å². The van der Waals surface area contributed by atoms with Crippen molar-refractivity contribution in [3.8, 4) is 11.5 Å². The van der Waals surface area contributed by atoms with Crippen molar-refractivity contribution in [2.75, 3.05) is 13.7 Å². The Balaban J connectivity index is 1.40. The Labute approximate surface area is 181 Å². The topological polar surface area (TPSA) is 93.9 Å². The van der Waals surface area contributed by atoms with E-state index < -0.39 is 4.92 Å². The second-order valence-electron chi connectivity index (χ2n) is 8.02. The lowest BCUT2D eigenvalue weighted by Crippen LogP contribution is -2.39. The Morgan fingerprint density at radius 2 is 1.84 bits per heavy atom. The molecule has 0 radical (unpaired) electrons. The van der Waals surface area contributed by atoms with Gasteiger partial charge >= 0.3 is 0 Å². The zero-order valence-electron chi connectivity index (χ0n) is 17.6. The number of hydrazine groups is 1. The van der Waals surface area contributed by atoms with Crippen LogP contribution in [-0.2, 0) is 11.3 Å². The summed E-state index contributed by atoms with van der Waals surface area (Å²) in [5.74, 6) is 1.17. The second-order valence-corrected chi connectivity index (χ2v) is 8.02. The number of non-ortho nitro benzene ring substituents is 1. The molecule has 2 aliphatic rings. The monoisotopic (exact) mass is 425 g/mol. The third kappa shape index (κ3) is 4.80. The minimum Gasteiger partial charge on any atom is -0.493 e. The minimum absolute atomic E-state index is 0.0129. The summed E-state index contributed by atoms with van der Waals surface area (Å²) in [6, 6.07) is 12.1. The van der Waals surface area contributed by atoms with Crippen LogP contribution in [0.25, 0.3) is 0 Å². The number of amides is 1.